The number of carbonyl (C=O) groups excluding carboxylic acids is 1. The highest BCUT2D eigenvalue weighted by Crippen LogP contribution is 2.22. The minimum absolute atomic E-state index is 0.0983. The molecule has 1 aliphatic rings. The maximum absolute atomic E-state index is 12.5. The second-order valence-electron chi connectivity index (χ2n) is 5.33. The Labute approximate surface area is 123 Å². The Bertz CT molecular complexity index is 455. The fraction of sp³-hybridized carbons (Fsp3) is 0.533. The van der Waals surface area contributed by atoms with Gasteiger partial charge in [-0.3, -0.25) is 4.79 Å². The van der Waals surface area contributed by atoms with Crippen LogP contribution >= 0.6 is 15.9 Å². The molecule has 1 aliphatic heterocycles. The van der Waals surface area contributed by atoms with Crippen molar-refractivity contribution in [1.82, 2.24) is 10.2 Å². The molecule has 0 spiro atoms. The fourth-order valence-corrected chi connectivity index (χ4v) is 3.00. The van der Waals surface area contributed by atoms with E-state index >= 15 is 0 Å². The second-order valence-corrected chi connectivity index (χ2v) is 6.13. The summed E-state index contributed by atoms with van der Waals surface area (Å²) in [6.07, 6.45) is 2.42. The van der Waals surface area contributed by atoms with Crippen LogP contribution in [0.5, 0.6) is 0 Å². The Morgan fingerprint density at radius 2 is 2.32 bits per heavy atom. The molecule has 1 heterocycles. The van der Waals surface area contributed by atoms with Crippen molar-refractivity contribution in [3.63, 3.8) is 0 Å². The molecular weight excluding hydrogens is 304 g/mol. The summed E-state index contributed by atoms with van der Waals surface area (Å²) in [5.74, 6) is 0.674. The molecule has 4 heteroatoms. The van der Waals surface area contributed by atoms with Crippen LogP contribution in [-0.2, 0) is 0 Å². The maximum atomic E-state index is 12.5. The maximum Gasteiger partial charge on any atom is 0.254 e. The van der Waals surface area contributed by atoms with Gasteiger partial charge in [-0.2, -0.15) is 0 Å². The predicted octanol–water partition coefficient (Wildman–Crippen LogP) is 2.83. The number of hydrogen-bond acceptors (Lipinski definition) is 2. The van der Waals surface area contributed by atoms with Crippen molar-refractivity contribution >= 4 is 21.8 Å². The molecule has 1 unspecified atom stereocenters. The zero-order chi connectivity index (χ0) is 13.8. The van der Waals surface area contributed by atoms with E-state index in [-0.39, 0.29) is 5.91 Å². The summed E-state index contributed by atoms with van der Waals surface area (Å²) in [6, 6.07) is 5.82. The van der Waals surface area contributed by atoms with Gasteiger partial charge in [0.25, 0.3) is 5.91 Å². The molecule has 1 N–H and O–H groups in total. The van der Waals surface area contributed by atoms with Gasteiger partial charge in [-0.25, -0.2) is 0 Å². The lowest BCUT2D eigenvalue weighted by Crippen LogP contribution is -2.39. The molecule has 0 aromatic heterocycles. The summed E-state index contributed by atoms with van der Waals surface area (Å²) in [5, 5.41) is 3.39. The first-order valence-electron chi connectivity index (χ1n) is 6.81. The lowest BCUT2D eigenvalue weighted by molar-refractivity contribution is 0.0763. The Balaban J connectivity index is 2.03. The van der Waals surface area contributed by atoms with E-state index in [1.165, 1.54) is 12.8 Å². The standard InChI is InChI=1S/C15H21BrN2O/c1-11-5-3-7-13(14(11)16)15(19)18(2)10-12-6-4-8-17-9-12/h3,5,7,12,17H,4,6,8-10H2,1-2H3. The highest BCUT2D eigenvalue weighted by molar-refractivity contribution is 9.10. The molecule has 0 saturated carbocycles. The van der Waals surface area contributed by atoms with E-state index in [0.717, 1.165) is 35.2 Å². The first-order chi connectivity index (χ1) is 9.09. The van der Waals surface area contributed by atoms with Crippen LogP contribution in [0.2, 0.25) is 0 Å². The van der Waals surface area contributed by atoms with Crippen LogP contribution in [-0.4, -0.2) is 37.5 Å². The van der Waals surface area contributed by atoms with Gasteiger partial charge in [-0.15, -0.1) is 0 Å². The number of piperidine rings is 1. The van der Waals surface area contributed by atoms with Gasteiger partial charge in [-0.05, 0) is 66.3 Å². The summed E-state index contributed by atoms with van der Waals surface area (Å²) in [6.45, 7) is 4.96. The molecule has 1 saturated heterocycles. The summed E-state index contributed by atoms with van der Waals surface area (Å²) < 4.78 is 0.911. The average Bonchev–Trinajstić information content (AvgIpc) is 2.42. The van der Waals surface area contributed by atoms with Gasteiger partial charge in [0.2, 0.25) is 0 Å². The van der Waals surface area contributed by atoms with Crippen molar-refractivity contribution in [2.45, 2.75) is 19.8 Å². The molecule has 1 aromatic carbocycles. The number of nitrogens with one attached hydrogen (secondary N) is 1. The second kappa shape index (κ2) is 6.53. The van der Waals surface area contributed by atoms with Gasteiger partial charge < -0.3 is 10.2 Å². The van der Waals surface area contributed by atoms with Crippen LogP contribution in [0.1, 0.15) is 28.8 Å². The zero-order valence-corrected chi connectivity index (χ0v) is 13.2. The lowest BCUT2D eigenvalue weighted by Gasteiger charge is -2.28. The van der Waals surface area contributed by atoms with Crippen LogP contribution < -0.4 is 5.32 Å². The summed E-state index contributed by atoms with van der Waals surface area (Å²) in [4.78, 5) is 14.3. The number of rotatable bonds is 3. The number of benzene rings is 1. The van der Waals surface area contributed by atoms with Gasteiger partial charge >= 0.3 is 0 Å². The molecule has 1 atom stereocenters. The van der Waals surface area contributed by atoms with E-state index in [1.54, 1.807) is 0 Å². The fourth-order valence-electron chi connectivity index (χ4n) is 2.57. The molecule has 1 fully saturated rings. The van der Waals surface area contributed by atoms with E-state index in [0.29, 0.717) is 5.92 Å². The van der Waals surface area contributed by atoms with Crippen molar-refractivity contribution in [3.05, 3.63) is 33.8 Å². The highest BCUT2D eigenvalue weighted by Gasteiger charge is 2.20. The molecule has 1 amide bonds. The van der Waals surface area contributed by atoms with Crippen LogP contribution in [0.15, 0.2) is 22.7 Å². The Morgan fingerprint density at radius 3 is 3.00 bits per heavy atom. The summed E-state index contributed by atoms with van der Waals surface area (Å²) in [7, 11) is 1.89. The monoisotopic (exact) mass is 324 g/mol. The van der Waals surface area contributed by atoms with Crippen LogP contribution in [0, 0.1) is 12.8 Å². The predicted molar refractivity (Wildman–Crippen MR) is 81.4 cm³/mol. The van der Waals surface area contributed by atoms with E-state index in [2.05, 4.69) is 21.2 Å². The van der Waals surface area contributed by atoms with E-state index in [4.69, 9.17) is 0 Å². The van der Waals surface area contributed by atoms with Gasteiger partial charge in [-0.1, -0.05) is 12.1 Å². The minimum atomic E-state index is 0.0983. The Morgan fingerprint density at radius 1 is 1.53 bits per heavy atom. The normalized spacial score (nSPS) is 19.2. The van der Waals surface area contributed by atoms with Gasteiger partial charge in [0.05, 0.1) is 5.56 Å². The number of halogens is 1. The third-order valence-electron chi connectivity index (χ3n) is 3.70. The molecular formula is C15H21BrN2O. The third-order valence-corrected chi connectivity index (χ3v) is 4.75. The number of aryl methyl sites for hydroxylation is 1. The van der Waals surface area contributed by atoms with Crippen molar-refractivity contribution in [2.75, 3.05) is 26.7 Å². The van der Waals surface area contributed by atoms with Crippen LogP contribution in [0.25, 0.3) is 0 Å². The first kappa shape index (κ1) is 14.5. The highest BCUT2D eigenvalue weighted by atomic mass is 79.9. The van der Waals surface area contributed by atoms with Crippen molar-refractivity contribution in [3.8, 4) is 0 Å². The quantitative estimate of drug-likeness (QED) is 0.927. The molecule has 0 bridgehead atoms. The SMILES string of the molecule is Cc1cccc(C(=O)N(C)CC2CCCNC2)c1Br. The number of amides is 1. The largest absolute Gasteiger partial charge is 0.341 e. The first-order valence-corrected chi connectivity index (χ1v) is 7.60. The van der Waals surface area contributed by atoms with E-state index in [1.807, 2.05) is 37.1 Å². The smallest absolute Gasteiger partial charge is 0.254 e. The molecule has 0 radical (unpaired) electrons. The molecule has 19 heavy (non-hydrogen) atoms. The van der Waals surface area contributed by atoms with Gasteiger partial charge in [0.15, 0.2) is 0 Å². The summed E-state index contributed by atoms with van der Waals surface area (Å²) >= 11 is 3.51. The van der Waals surface area contributed by atoms with Crippen LogP contribution in [0.4, 0.5) is 0 Å². The van der Waals surface area contributed by atoms with E-state index in [9.17, 15) is 4.79 Å². The number of nitrogens with zero attached hydrogens (tertiary/aromatic N) is 1. The van der Waals surface area contributed by atoms with Crippen LogP contribution in [0.3, 0.4) is 0 Å². The third kappa shape index (κ3) is 3.57. The molecule has 0 aliphatic carbocycles. The van der Waals surface area contributed by atoms with Crippen molar-refractivity contribution < 1.29 is 4.79 Å². The lowest BCUT2D eigenvalue weighted by atomic mass is 9.99. The number of carbonyl (C=O) groups is 1. The minimum Gasteiger partial charge on any atom is -0.341 e. The molecule has 2 rings (SSSR count). The molecule has 1 aromatic rings. The summed E-state index contributed by atoms with van der Waals surface area (Å²) in [5.41, 5.74) is 1.85. The zero-order valence-electron chi connectivity index (χ0n) is 11.6. The Kier molecular flexibility index (Phi) is 4.99. The topological polar surface area (TPSA) is 32.3 Å². The Hall–Kier alpha value is -0.870. The van der Waals surface area contributed by atoms with E-state index < -0.39 is 0 Å². The van der Waals surface area contributed by atoms with Gasteiger partial charge in [0, 0.05) is 18.1 Å². The van der Waals surface area contributed by atoms with Crippen molar-refractivity contribution in [2.24, 2.45) is 5.92 Å². The van der Waals surface area contributed by atoms with Crippen molar-refractivity contribution in [1.29, 1.82) is 0 Å². The average molecular weight is 325 g/mol. The molecule has 104 valence electrons. The molecule has 3 nitrogen and oxygen atoms in total. The number of hydrogen-bond donors (Lipinski definition) is 1. The van der Waals surface area contributed by atoms with Gasteiger partial charge in [0.1, 0.15) is 0 Å².